The largest absolute Gasteiger partial charge is 0.385 e. The quantitative estimate of drug-likeness (QED) is 0.768. The molecule has 0 aliphatic rings. The molecule has 1 aromatic rings. The lowest BCUT2D eigenvalue weighted by molar-refractivity contribution is -0.00201. The molecule has 3 N–H and O–H groups in total. The van der Waals surface area contributed by atoms with E-state index in [0.717, 1.165) is 5.56 Å². The lowest BCUT2D eigenvalue weighted by Crippen LogP contribution is -2.45. The van der Waals surface area contributed by atoms with Gasteiger partial charge in [-0.2, -0.15) is 0 Å². The number of hydrogen-bond donors (Lipinski definition) is 2. The molecule has 0 aliphatic heterocycles. The number of benzene rings is 1. The lowest BCUT2D eigenvalue weighted by Gasteiger charge is -2.37. The van der Waals surface area contributed by atoms with E-state index in [1.165, 1.54) is 0 Å². The highest BCUT2D eigenvalue weighted by atomic mass is 16.3. The van der Waals surface area contributed by atoms with E-state index in [9.17, 15) is 5.11 Å². The van der Waals surface area contributed by atoms with Crippen molar-refractivity contribution in [1.82, 2.24) is 0 Å². The average Bonchev–Trinajstić information content (AvgIpc) is 2.30. The van der Waals surface area contributed by atoms with E-state index in [-0.39, 0.29) is 12.0 Å². The highest BCUT2D eigenvalue weighted by Crippen LogP contribution is 2.33. The summed E-state index contributed by atoms with van der Waals surface area (Å²) in [6.07, 6.45) is 1.76. The minimum Gasteiger partial charge on any atom is -0.385 e. The van der Waals surface area contributed by atoms with Crippen molar-refractivity contribution < 1.29 is 5.11 Å². The summed E-state index contributed by atoms with van der Waals surface area (Å²) < 4.78 is 0. The van der Waals surface area contributed by atoms with E-state index in [1.807, 2.05) is 30.3 Å². The SMILES string of the molecule is C=C[C@H]([C@@H](N)C(C)C)[C@@](C)(O)c1ccccc1. The molecule has 2 nitrogen and oxygen atoms in total. The highest BCUT2D eigenvalue weighted by molar-refractivity contribution is 5.24. The molecule has 0 spiro atoms. The molecule has 0 aromatic heterocycles. The van der Waals surface area contributed by atoms with Crippen molar-refractivity contribution in [2.45, 2.75) is 32.4 Å². The topological polar surface area (TPSA) is 46.2 Å². The first-order valence-corrected chi connectivity index (χ1v) is 6.07. The van der Waals surface area contributed by atoms with Crippen LogP contribution in [0.15, 0.2) is 43.0 Å². The molecule has 0 unspecified atom stereocenters. The number of nitrogens with two attached hydrogens (primary N) is 1. The Morgan fingerprint density at radius 3 is 2.24 bits per heavy atom. The van der Waals surface area contributed by atoms with E-state index < -0.39 is 5.60 Å². The van der Waals surface area contributed by atoms with E-state index in [4.69, 9.17) is 5.73 Å². The van der Waals surface area contributed by atoms with Crippen molar-refractivity contribution in [3.8, 4) is 0 Å². The summed E-state index contributed by atoms with van der Waals surface area (Å²) in [5.74, 6) is 0.137. The van der Waals surface area contributed by atoms with Gasteiger partial charge in [0.2, 0.25) is 0 Å². The number of hydrogen-bond acceptors (Lipinski definition) is 2. The van der Waals surface area contributed by atoms with Crippen LogP contribution < -0.4 is 5.73 Å². The minimum atomic E-state index is -0.979. The maximum Gasteiger partial charge on any atom is 0.0945 e. The van der Waals surface area contributed by atoms with Gasteiger partial charge >= 0.3 is 0 Å². The Hall–Kier alpha value is -1.12. The lowest BCUT2D eigenvalue weighted by atomic mass is 9.75. The summed E-state index contributed by atoms with van der Waals surface area (Å²) in [5, 5.41) is 10.7. The summed E-state index contributed by atoms with van der Waals surface area (Å²) in [5.41, 5.74) is 6.06. The van der Waals surface area contributed by atoms with Crippen molar-refractivity contribution in [3.05, 3.63) is 48.6 Å². The third-order valence-corrected chi connectivity index (χ3v) is 3.45. The molecule has 2 heteroatoms. The average molecular weight is 233 g/mol. The Labute approximate surface area is 104 Å². The van der Waals surface area contributed by atoms with Crippen LogP contribution in [0, 0.1) is 11.8 Å². The smallest absolute Gasteiger partial charge is 0.0945 e. The fourth-order valence-corrected chi connectivity index (χ4v) is 2.14. The first kappa shape index (κ1) is 13.9. The van der Waals surface area contributed by atoms with Crippen LogP contribution >= 0.6 is 0 Å². The van der Waals surface area contributed by atoms with Crippen molar-refractivity contribution in [2.75, 3.05) is 0 Å². The molecule has 17 heavy (non-hydrogen) atoms. The third-order valence-electron chi connectivity index (χ3n) is 3.45. The maximum absolute atomic E-state index is 10.7. The second kappa shape index (κ2) is 5.48. The molecule has 0 aliphatic carbocycles. The van der Waals surface area contributed by atoms with Gasteiger partial charge < -0.3 is 10.8 Å². The molecule has 0 saturated heterocycles. The van der Waals surface area contributed by atoms with E-state index in [2.05, 4.69) is 20.4 Å². The van der Waals surface area contributed by atoms with E-state index >= 15 is 0 Å². The van der Waals surface area contributed by atoms with Gasteiger partial charge in [-0.1, -0.05) is 50.3 Å². The first-order valence-electron chi connectivity index (χ1n) is 6.07. The van der Waals surface area contributed by atoms with Gasteiger partial charge in [-0.3, -0.25) is 0 Å². The second-order valence-electron chi connectivity index (χ2n) is 5.10. The molecule has 0 heterocycles. The van der Waals surface area contributed by atoms with Gasteiger partial charge in [0.1, 0.15) is 0 Å². The van der Waals surface area contributed by atoms with Crippen molar-refractivity contribution >= 4 is 0 Å². The zero-order valence-corrected chi connectivity index (χ0v) is 10.9. The van der Waals surface area contributed by atoms with Crippen LogP contribution in [0.5, 0.6) is 0 Å². The van der Waals surface area contributed by atoms with Crippen LogP contribution in [0.4, 0.5) is 0 Å². The predicted molar refractivity (Wildman–Crippen MR) is 72.5 cm³/mol. The van der Waals surface area contributed by atoms with Gasteiger partial charge in [-0.25, -0.2) is 0 Å². The Kier molecular flexibility index (Phi) is 4.49. The van der Waals surface area contributed by atoms with Crippen LogP contribution in [0.25, 0.3) is 0 Å². The zero-order valence-electron chi connectivity index (χ0n) is 10.9. The van der Waals surface area contributed by atoms with Crippen molar-refractivity contribution in [3.63, 3.8) is 0 Å². The predicted octanol–water partition coefficient (Wildman–Crippen LogP) is 2.68. The summed E-state index contributed by atoms with van der Waals surface area (Å²) in [6.45, 7) is 9.73. The molecule has 94 valence electrons. The molecule has 0 fully saturated rings. The molecule has 3 atom stereocenters. The van der Waals surface area contributed by atoms with E-state index in [0.29, 0.717) is 5.92 Å². The minimum absolute atomic E-state index is 0.109. The summed E-state index contributed by atoms with van der Waals surface area (Å²) >= 11 is 0. The summed E-state index contributed by atoms with van der Waals surface area (Å²) in [7, 11) is 0. The summed E-state index contributed by atoms with van der Waals surface area (Å²) in [4.78, 5) is 0. The molecule has 0 amide bonds. The highest BCUT2D eigenvalue weighted by Gasteiger charge is 2.36. The zero-order chi connectivity index (χ0) is 13.1. The maximum atomic E-state index is 10.7. The van der Waals surface area contributed by atoms with Crippen LogP contribution in [0.1, 0.15) is 26.3 Å². The molecular formula is C15H23NO. The third kappa shape index (κ3) is 2.96. The van der Waals surface area contributed by atoms with Gasteiger partial charge in [-0.05, 0) is 18.4 Å². The van der Waals surface area contributed by atoms with Gasteiger partial charge in [0.05, 0.1) is 5.60 Å². The number of aliphatic hydroxyl groups is 1. The first-order chi connectivity index (χ1) is 7.91. The molecule has 0 radical (unpaired) electrons. The molecule has 1 rings (SSSR count). The fourth-order valence-electron chi connectivity index (χ4n) is 2.14. The molecule has 0 saturated carbocycles. The van der Waals surface area contributed by atoms with Crippen molar-refractivity contribution in [2.24, 2.45) is 17.6 Å². The molecular weight excluding hydrogens is 210 g/mol. The van der Waals surface area contributed by atoms with Crippen LogP contribution in [-0.2, 0) is 5.60 Å². The van der Waals surface area contributed by atoms with Crippen molar-refractivity contribution in [1.29, 1.82) is 0 Å². The molecule has 0 bridgehead atoms. The Balaban J connectivity index is 3.06. The van der Waals surface area contributed by atoms with E-state index in [1.54, 1.807) is 13.0 Å². The van der Waals surface area contributed by atoms with Gasteiger partial charge in [0, 0.05) is 12.0 Å². The molecule has 1 aromatic carbocycles. The number of rotatable bonds is 5. The monoisotopic (exact) mass is 233 g/mol. The second-order valence-corrected chi connectivity index (χ2v) is 5.10. The summed E-state index contributed by atoms with van der Waals surface area (Å²) in [6, 6.07) is 9.51. The standard InChI is InChI=1S/C15H23NO/c1-5-13(14(16)11(2)3)15(4,17)12-9-7-6-8-10-12/h5-11,13-14,17H,1,16H2,2-4H3/t13-,14+,15+/m1/s1. The van der Waals surface area contributed by atoms with Crippen LogP contribution in [-0.4, -0.2) is 11.1 Å². The Morgan fingerprint density at radius 1 is 1.29 bits per heavy atom. The normalized spacial score (nSPS) is 18.5. The van der Waals surface area contributed by atoms with Crippen LogP contribution in [0.2, 0.25) is 0 Å². The Bertz CT molecular complexity index is 356. The van der Waals surface area contributed by atoms with Gasteiger partial charge in [0.15, 0.2) is 0 Å². The van der Waals surface area contributed by atoms with Crippen LogP contribution in [0.3, 0.4) is 0 Å². The van der Waals surface area contributed by atoms with Gasteiger partial charge in [-0.15, -0.1) is 6.58 Å². The Morgan fingerprint density at radius 2 is 1.82 bits per heavy atom. The van der Waals surface area contributed by atoms with Gasteiger partial charge in [0.25, 0.3) is 0 Å². The fraction of sp³-hybridized carbons (Fsp3) is 0.467.